The predicted molar refractivity (Wildman–Crippen MR) is 54.1 cm³/mol. The summed E-state index contributed by atoms with van der Waals surface area (Å²) in [6.45, 7) is 3.71. The van der Waals surface area contributed by atoms with E-state index < -0.39 is 6.29 Å². The summed E-state index contributed by atoms with van der Waals surface area (Å²) in [6, 6.07) is 6.43. The highest BCUT2D eigenvalue weighted by molar-refractivity contribution is 5.45. The zero-order valence-electron chi connectivity index (χ0n) is 8.64. The first-order chi connectivity index (χ1) is 7.04. The van der Waals surface area contributed by atoms with E-state index in [0.29, 0.717) is 11.3 Å². The molecule has 1 rings (SSSR count). The molecule has 0 spiro atoms. The van der Waals surface area contributed by atoms with E-state index >= 15 is 0 Å². The minimum Gasteiger partial charge on any atom is -0.490 e. The Morgan fingerprint density at radius 2 is 2.00 bits per heavy atom. The average Bonchev–Trinajstić information content (AvgIpc) is 2.17. The molecular weight excluding hydrogens is 194 g/mol. The number of hydrogen-bond donors (Lipinski definition) is 2. The van der Waals surface area contributed by atoms with Gasteiger partial charge in [0, 0.05) is 5.56 Å². The fourth-order valence-electron chi connectivity index (χ4n) is 1.15. The maximum Gasteiger partial charge on any atom is 0.178 e. The van der Waals surface area contributed by atoms with Crippen LogP contribution in [0.2, 0.25) is 0 Å². The molecule has 0 atom stereocenters. The maximum absolute atomic E-state index is 8.92. The summed E-state index contributed by atoms with van der Waals surface area (Å²) < 4.78 is 5.39. The number of hydrogen-bond acceptors (Lipinski definition) is 4. The van der Waals surface area contributed by atoms with Crippen LogP contribution in [0.15, 0.2) is 18.2 Å². The first kappa shape index (κ1) is 11.5. The van der Waals surface area contributed by atoms with Crippen LogP contribution in [0.25, 0.3) is 0 Å². The first-order valence-electron chi connectivity index (χ1n) is 4.61. The standard InChI is InChI=1S/C11H13NO3/c1-7(2)15-10-4-3-8(11(13)14)5-9(10)6-12/h3-5,7,11,13-14H,1-2H3. The van der Waals surface area contributed by atoms with Crippen LogP contribution in [0.1, 0.15) is 31.3 Å². The van der Waals surface area contributed by atoms with Gasteiger partial charge in [0.2, 0.25) is 0 Å². The van der Waals surface area contributed by atoms with Crippen LogP contribution in [0.3, 0.4) is 0 Å². The normalized spacial score (nSPS) is 10.5. The second-order valence-electron chi connectivity index (χ2n) is 3.41. The van der Waals surface area contributed by atoms with Gasteiger partial charge in [-0.3, -0.25) is 0 Å². The van der Waals surface area contributed by atoms with E-state index in [4.69, 9.17) is 20.2 Å². The Balaban J connectivity index is 3.05. The Morgan fingerprint density at radius 1 is 1.33 bits per heavy atom. The lowest BCUT2D eigenvalue weighted by Gasteiger charge is -2.12. The number of nitriles is 1. The second-order valence-corrected chi connectivity index (χ2v) is 3.41. The van der Waals surface area contributed by atoms with Crippen molar-refractivity contribution in [3.8, 4) is 11.8 Å². The Morgan fingerprint density at radius 3 is 2.47 bits per heavy atom. The third-order valence-electron chi connectivity index (χ3n) is 1.78. The molecular formula is C11H13NO3. The van der Waals surface area contributed by atoms with Crippen LogP contribution in [-0.4, -0.2) is 16.3 Å². The van der Waals surface area contributed by atoms with Crippen molar-refractivity contribution in [2.45, 2.75) is 26.2 Å². The number of benzene rings is 1. The van der Waals surface area contributed by atoms with Gasteiger partial charge < -0.3 is 14.9 Å². The van der Waals surface area contributed by atoms with Crippen LogP contribution < -0.4 is 4.74 Å². The number of nitrogens with zero attached hydrogens (tertiary/aromatic N) is 1. The van der Waals surface area contributed by atoms with Crippen molar-refractivity contribution in [2.75, 3.05) is 0 Å². The van der Waals surface area contributed by atoms with Gasteiger partial charge in [-0.05, 0) is 26.0 Å². The first-order valence-corrected chi connectivity index (χ1v) is 4.61. The van der Waals surface area contributed by atoms with E-state index in [2.05, 4.69) is 0 Å². The molecule has 0 aliphatic carbocycles. The highest BCUT2D eigenvalue weighted by Crippen LogP contribution is 2.22. The lowest BCUT2D eigenvalue weighted by Crippen LogP contribution is -2.07. The van der Waals surface area contributed by atoms with E-state index in [1.807, 2.05) is 19.9 Å². The van der Waals surface area contributed by atoms with Gasteiger partial charge in [-0.1, -0.05) is 6.07 Å². The van der Waals surface area contributed by atoms with Gasteiger partial charge >= 0.3 is 0 Å². The molecule has 0 amide bonds. The summed E-state index contributed by atoms with van der Waals surface area (Å²) in [4.78, 5) is 0. The van der Waals surface area contributed by atoms with Crippen LogP contribution in [0.5, 0.6) is 5.75 Å². The fourth-order valence-corrected chi connectivity index (χ4v) is 1.15. The molecule has 0 saturated heterocycles. The van der Waals surface area contributed by atoms with Gasteiger partial charge in [-0.15, -0.1) is 0 Å². The second kappa shape index (κ2) is 4.78. The number of aliphatic hydroxyl groups excluding tert-OH is 1. The minimum absolute atomic E-state index is 0.0259. The molecule has 0 aromatic heterocycles. The van der Waals surface area contributed by atoms with Crippen molar-refractivity contribution in [2.24, 2.45) is 0 Å². The lowest BCUT2D eigenvalue weighted by atomic mass is 10.1. The van der Waals surface area contributed by atoms with Gasteiger partial charge in [-0.25, -0.2) is 0 Å². The molecule has 0 saturated carbocycles. The molecule has 0 radical (unpaired) electrons. The third-order valence-corrected chi connectivity index (χ3v) is 1.78. The summed E-state index contributed by atoms with van der Waals surface area (Å²) in [7, 11) is 0. The molecule has 0 aliphatic heterocycles. The lowest BCUT2D eigenvalue weighted by molar-refractivity contribution is -0.0425. The largest absolute Gasteiger partial charge is 0.490 e. The zero-order valence-corrected chi connectivity index (χ0v) is 8.64. The van der Waals surface area contributed by atoms with E-state index in [-0.39, 0.29) is 11.7 Å². The van der Waals surface area contributed by atoms with Crippen molar-refractivity contribution < 1.29 is 14.9 Å². The van der Waals surface area contributed by atoms with Crippen LogP contribution >= 0.6 is 0 Å². The Labute approximate surface area is 88.4 Å². The minimum atomic E-state index is -1.56. The zero-order chi connectivity index (χ0) is 11.4. The van der Waals surface area contributed by atoms with E-state index in [1.54, 1.807) is 6.07 Å². The Kier molecular flexibility index (Phi) is 3.67. The summed E-state index contributed by atoms with van der Waals surface area (Å²) in [5.41, 5.74) is 0.581. The Hall–Kier alpha value is -1.57. The van der Waals surface area contributed by atoms with Gasteiger partial charge in [0.15, 0.2) is 6.29 Å². The Bertz CT molecular complexity index is 380. The van der Waals surface area contributed by atoms with Crippen molar-refractivity contribution in [1.82, 2.24) is 0 Å². The highest BCUT2D eigenvalue weighted by atomic mass is 16.5. The molecule has 4 heteroatoms. The maximum atomic E-state index is 8.92. The van der Waals surface area contributed by atoms with Crippen LogP contribution in [-0.2, 0) is 0 Å². The highest BCUT2D eigenvalue weighted by Gasteiger charge is 2.09. The summed E-state index contributed by atoms with van der Waals surface area (Å²) in [5.74, 6) is 0.455. The van der Waals surface area contributed by atoms with Gasteiger partial charge in [0.25, 0.3) is 0 Å². The topological polar surface area (TPSA) is 73.5 Å². The van der Waals surface area contributed by atoms with Crippen molar-refractivity contribution in [3.05, 3.63) is 29.3 Å². The smallest absolute Gasteiger partial charge is 0.178 e. The molecule has 0 bridgehead atoms. The van der Waals surface area contributed by atoms with Gasteiger partial charge in [-0.2, -0.15) is 5.26 Å². The molecule has 80 valence electrons. The summed E-state index contributed by atoms with van der Waals surface area (Å²) in [6.07, 6.45) is -1.59. The summed E-state index contributed by atoms with van der Waals surface area (Å²) >= 11 is 0. The third kappa shape index (κ3) is 2.94. The molecule has 4 nitrogen and oxygen atoms in total. The monoisotopic (exact) mass is 207 g/mol. The molecule has 0 heterocycles. The van der Waals surface area contributed by atoms with Crippen LogP contribution in [0.4, 0.5) is 0 Å². The number of aliphatic hydroxyl groups is 2. The molecule has 1 aromatic carbocycles. The molecule has 2 N–H and O–H groups in total. The van der Waals surface area contributed by atoms with Gasteiger partial charge in [0.05, 0.1) is 11.7 Å². The number of ether oxygens (including phenoxy) is 1. The van der Waals surface area contributed by atoms with Crippen molar-refractivity contribution in [3.63, 3.8) is 0 Å². The van der Waals surface area contributed by atoms with E-state index in [0.717, 1.165) is 0 Å². The predicted octanol–water partition coefficient (Wildman–Crippen LogP) is 1.33. The fraction of sp³-hybridized carbons (Fsp3) is 0.364. The van der Waals surface area contributed by atoms with Crippen LogP contribution in [0, 0.1) is 11.3 Å². The van der Waals surface area contributed by atoms with E-state index in [1.165, 1.54) is 12.1 Å². The van der Waals surface area contributed by atoms with Crippen molar-refractivity contribution in [1.29, 1.82) is 5.26 Å². The molecule has 0 aliphatic rings. The van der Waals surface area contributed by atoms with E-state index in [9.17, 15) is 0 Å². The molecule has 1 aromatic rings. The van der Waals surface area contributed by atoms with Crippen molar-refractivity contribution >= 4 is 0 Å². The molecule has 0 fully saturated rings. The van der Waals surface area contributed by atoms with Gasteiger partial charge in [0.1, 0.15) is 11.8 Å². The number of rotatable bonds is 3. The molecule has 15 heavy (non-hydrogen) atoms. The molecule has 0 unspecified atom stereocenters. The quantitative estimate of drug-likeness (QED) is 0.733. The SMILES string of the molecule is CC(C)Oc1ccc(C(O)O)cc1C#N. The summed E-state index contributed by atoms with van der Waals surface area (Å²) in [5, 5.41) is 26.7. The average molecular weight is 207 g/mol.